The van der Waals surface area contributed by atoms with Crippen LogP contribution in [0.1, 0.15) is 18.9 Å². The van der Waals surface area contributed by atoms with Crippen molar-refractivity contribution in [2.75, 3.05) is 12.3 Å². The second-order valence-corrected chi connectivity index (χ2v) is 3.06. The number of nitrogen functional groups attached to an aromatic ring is 1. The number of phenols is 1. The summed E-state index contributed by atoms with van der Waals surface area (Å²) in [6.45, 7) is 3.73. The number of hydrogen-bond donors (Lipinski definition) is 3. The Morgan fingerprint density at radius 2 is 2.14 bits per heavy atom. The van der Waals surface area contributed by atoms with Gasteiger partial charge in [-0.3, -0.25) is 0 Å². The molecule has 1 aromatic carbocycles. The van der Waals surface area contributed by atoms with Gasteiger partial charge in [-0.05, 0) is 31.2 Å². The van der Waals surface area contributed by atoms with Gasteiger partial charge in [0.2, 0.25) is 0 Å². The van der Waals surface area contributed by atoms with Crippen LogP contribution >= 0.6 is 12.4 Å². The number of benzene rings is 1. The molecule has 0 atom stereocenters. The second-order valence-electron chi connectivity index (χ2n) is 3.06. The molecule has 3 nitrogen and oxygen atoms in total. The van der Waals surface area contributed by atoms with Crippen molar-refractivity contribution in [1.29, 1.82) is 0 Å². The zero-order valence-electron chi connectivity index (χ0n) is 8.29. The van der Waals surface area contributed by atoms with Crippen molar-refractivity contribution in [3.8, 4) is 5.75 Å². The van der Waals surface area contributed by atoms with E-state index in [4.69, 9.17) is 5.73 Å². The Balaban J connectivity index is 0.00000169. The fourth-order valence-electron chi connectivity index (χ4n) is 1.15. The summed E-state index contributed by atoms with van der Waals surface area (Å²) >= 11 is 0. The summed E-state index contributed by atoms with van der Waals surface area (Å²) in [5.74, 6) is 0.304. The Hall–Kier alpha value is -0.930. The van der Waals surface area contributed by atoms with E-state index in [-0.39, 0.29) is 12.4 Å². The van der Waals surface area contributed by atoms with Gasteiger partial charge >= 0.3 is 0 Å². The molecule has 0 amide bonds. The Kier molecular flexibility index (Phi) is 6.08. The van der Waals surface area contributed by atoms with Crippen LogP contribution in [-0.4, -0.2) is 11.7 Å². The molecule has 0 radical (unpaired) electrons. The molecule has 0 heterocycles. The molecule has 0 saturated carbocycles. The Bertz CT molecular complexity index is 279. The average Bonchev–Trinajstić information content (AvgIpc) is 2.11. The first-order chi connectivity index (χ1) is 6.24. The average molecular weight is 217 g/mol. The van der Waals surface area contributed by atoms with Gasteiger partial charge in [0.15, 0.2) is 0 Å². The SMILES string of the molecule is CCCNCc1cc(N)ccc1O.Cl. The molecule has 4 N–H and O–H groups in total. The standard InChI is InChI=1S/C10H16N2O.ClH/c1-2-5-12-7-8-6-9(11)3-4-10(8)13;/h3-4,6,12-13H,2,5,7,11H2,1H3;1H. The predicted molar refractivity (Wildman–Crippen MR) is 61.8 cm³/mol. The van der Waals surface area contributed by atoms with Gasteiger partial charge in [-0.25, -0.2) is 0 Å². The number of rotatable bonds is 4. The van der Waals surface area contributed by atoms with E-state index in [9.17, 15) is 5.11 Å². The van der Waals surface area contributed by atoms with Crippen LogP contribution < -0.4 is 11.1 Å². The Labute approximate surface area is 90.7 Å². The predicted octanol–water partition coefficient (Wildman–Crippen LogP) is 1.90. The summed E-state index contributed by atoms with van der Waals surface area (Å²) in [5.41, 5.74) is 7.13. The fourth-order valence-corrected chi connectivity index (χ4v) is 1.15. The molecule has 0 spiro atoms. The van der Waals surface area contributed by atoms with Gasteiger partial charge < -0.3 is 16.2 Å². The molecule has 14 heavy (non-hydrogen) atoms. The van der Waals surface area contributed by atoms with Gasteiger partial charge in [0.05, 0.1) is 0 Å². The molecule has 0 saturated heterocycles. The maximum absolute atomic E-state index is 9.44. The van der Waals surface area contributed by atoms with Crippen molar-refractivity contribution in [2.45, 2.75) is 19.9 Å². The molecular weight excluding hydrogens is 200 g/mol. The van der Waals surface area contributed by atoms with Crippen LogP contribution in [0.4, 0.5) is 5.69 Å². The van der Waals surface area contributed by atoms with Crippen LogP contribution in [0.2, 0.25) is 0 Å². The molecule has 0 aliphatic rings. The third-order valence-corrected chi connectivity index (χ3v) is 1.85. The lowest BCUT2D eigenvalue weighted by atomic mass is 10.2. The highest BCUT2D eigenvalue weighted by molar-refractivity contribution is 5.85. The van der Waals surface area contributed by atoms with Gasteiger partial charge in [0.1, 0.15) is 5.75 Å². The minimum Gasteiger partial charge on any atom is -0.508 e. The van der Waals surface area contributed by atoms with Gasteiger partial charge in [0.25, 0.3) is 0 Å². The highest BCUT2D eigenvalue weighted by Crippen LogP contribution is 2.19. The summed E-state index contributed by atoms with van der Waals surface area (Å²) in [6, 6.07) is 5.11. The van der Waals surface area contributed by atoms with E-state index in [0.717, 1.165) is 18.5 Å². The maximum Gasteiger partial charge on any atom is 0.120 e. The van der Waals surface area contributed by atoms with Crippen LogP contribution in [0, 0.1) is 0 Å². The molecule has 0 aromatic heterocycles. The minimum absolute atomic E-state index is 0. The highest BCUT2D eigenvalue weighted by atomic mass is 35.5. The molecule has 0 aliphatic heterocycles. The monoisotopic (exact) mass is 216 g/mol. The van der Waals surface area contributed by atoms with E-state index in [0.29, 0.717) is 18.0 Å². The number of hydrogen-bond acceptors (Lipinski definition) is 3. The topological polar surface area (TPSA) is 58.3 Å². The third-order valence-electron chi connectivity index (χ3n) is 1.85. The quantitative estimate of drug-likeness (QED) is 0.409. The lowest BCUT2D eigenvalue weighted by Crippen LogP contribution is -2.13. The van der Waals surface area contributed by atoms with Gasteiger partial charge in [0, 0.05) is 17.8 Å². The van der Waals surface area contributed by atoms with Crippen LogP contribution in [0.5, 0.6) is 5.75 Å². The van der Waals surface area contributed by atoms with Gasteiger partial charge in [-0.2, -0.15) is 0 Å². The van der Waals surface area contributed by atoms with Crippen molar-refractivity contribution in [3.63, 3.8) is 0 Å². The van der Waals surface area contributed by atoms with Crippen molar-refractivity contribution >= 4 is 18.1 Å². The molecule has 0 unspecified atom stereocenters. The lowest BCUT2D eigenvalue weighted by Gasteiger charge is -2.06. The van der Waals surface area contributed by atoms with Crippen molar-refractivity contribution < 1.29 is 5.11 Å². The van der Waals surface area contributed by atoms with E-state index in [1.54, 1.807) is 18.2 Å². The first kappa shape index (κ1) is 13.1. The number of phenolic OH excluding ortho intramolecular Hbond substituents is 1. The van der Waals surface area contributed by atoms with Gasteiger partial charge in [-0.15, -0.1) is 12.4 Å². The molecule has 80 valence electrons. The number of halogens is 1. The number of aromatic hydroxyl groups is 1. The summed E-state index contributed by atoms with van der Waals surface area (Å²) < 4.78 is 0. The molecule has 1 aromatic rings. The molecule has 0 bridgehead atoms. The largest absolute Gasteiger partial charge is 0.508 e. The Morgan fingerprint density at radius 3 is 2.79 bits per heavy atom. The first-order valence-electron chi connectivity index (χ1n) is 4.52. The van der Waals surface area contributed by atoms with Crippen LogP contribution in [0.25, 0.3) is 0 Å². The number of nitrogens with two attached hydrogens (primary N) is 1. The van der Waals surface area contributed by atoms with Crippen molar-refractivity contribution in [3.05, 3.63) is 23.8 Å². The minimum atomic E-state index is 0. The zero-order chi connectivity index (χ0) is 9.68. The number of anilines is 1. The van der Waals surface area contributed by atoms with E-state index in [1.807, 2.05) is 0 Å². The molecular formula is C10H17ClN2O. The van der Waals surface area contributed by atoms with Crippen LogP contribution in [0.15, 0.2) is 18.2 Å². The fraction of sp³-hybridized carbons (Fsp3) is 0.400. The van der Waals surface area contributed by atoms with Crippen molar-refractivity contribution in [1.82, 2.24) is 5.32 Å². The normalized spacial score (nSPS) is 9.50. The van der Waals surface area contributed by atoms with E-state index < -0.39 is 0 Å². The third kappa shape index (κ3) is 3.85. The first-order valence-corrected chi connectivity index (χ1v) is 4.52. The summed E-state index contributed by atoms with van der Waals surface area (Å²) in [4.78, 5) is 0. The van der Waals surface area contributed by atoms with E-state index in [2.05, 4.69) is 12.2 Å². The number of nitrogens with one attached hydrogen (secondary N) is 1. The maximum atomic E-state index is 9.44. The Morgan fingerprint density at radius 1 is 1.43 bits per heavy atom. The molecule has 0 aliphatic carbocycles. The summed E-state index contributed by atoms with van der Waals surface area (Å²) in [6.07, 6.45) is 1.09. The molecule has 1 rings (SSSR count). The smallest absolute Gasteiger partial charge is 0.120 e. The lowest BCUT2D eigenvalue weighted by molar-refractivity contribution is 0.464. The highest BCUT2D eigenvalue weighted by Gasteiger charge is 1.99. The second kappa shape index (κ2) is 6.51. The van der Waals surface area contributed by atoms with Crippen molar-refractivity contribution in [2.24, 2.45) is 0 Å². The zero-order valence-corrected chi connectivity index (χ0v) is 9.10. The van der Waals surface area contributed by atoms with Gasteiger partial charge in [-0.1, -0.05) is 6.92 Å². The van der Waals surface area contributed by atoms with E-state index >= 15 is 0 Å². The van der Waals surface area contributed by atoms with Crippen LogP contribution in [0.3, 0.4) is 0 Å². The van der Waals surface area contributed by atoms with E-state index in [1.165, 1.54) is 0 Å². The summed E-state index contributed by atoms with van der Waals surface area (Å²) in [5, 5.41) is 12.6. The van der Waals surface area contributed by atoms with Crippen LogP contribution in [-0.2, 0) is 6.54 Å². The summed E-state index contributed by atoms with van der Waals surface area (Å²) in [7, 11) is 0. The molecule has 4 heteroatoms. The molecule has 0 fully saturated rings.